The minimum atomic E-state index is -3.47. The zero-order chi connectivity index (χ0) is 14.9. The number of rotatable bonds is 4. The van der Waals surface area contributed by atoms with Gasteiger partial charge in [0.2, 0.25) is 10.0 Å². The normalized spacial score (nSPS) is 23.4. The van der Waals surface area contributed by atoms with E-state index < -0.39 is 10.0 Å². The second-order valence-corrected chi connectivity index (χ2v) is 8.31. The fraction of sp³-hybridized carbons (Fsp3) is 0.571. The van der Waals surface area contributed by atoms with E-state index in [4.69, 9.17) is 5.73 Å². The van der Waals surface area contributed by atoms with E-state index in [-0.39, 0.29) is 12.0 Å². The van der Waals surface area contributed by atoms with Crippen LogP contribution in [0.5, 0.6) is 0 Å². The average Bonchev–Trinajstić information content (AvgIpc) is 2.88. The molecule has 1 aliphatic rings. The van der Waals surface area contributed by atoms with Crippen molar-refractivity contribution in [1.82, 2.24) is 4.31 Å². The summed E-state index contributed by atoms with van der Waals surface area (Å²) in [6.07, 6.45) is 2.95. The van der Waals surface area contributed by atoms with Gasteiger partial charge in [-0.15, -0.1) is 0 Å². The molecule has 2 N–H and O–H groups in total. The molecule has 0 radical (unpaired) electrons. The van der Waals surface area contributed by atoms with Crippen LogP contribution in [0.15, 0.2) is 27.6 Å². The Balaban J connectivity index is 2.37. The molecule has 1 saturated carbocycles. The summed E-state index contributed by atoms with van der Waals surface area (Å²) in [5.41, 5.74) is 6.54. The monoisotopic (exact) mass is 360 g/mol. The Morgan fingerprint density at radius 3 is 2.75 bits per heavy atom. The maximum Gasteiger partial charge on any atom is 0.243 e. The molecular formula is C14H21BrN2O2S. The largest absolute Gasteiger partial charge is 0.330 e. The van der Waals surface area contributed by atoms with E-state index in [1.165, 1.54) is 4.31 Å². The van der Waals surface area contributed by atoms with Crippen LogP contribution in [0, 0.1) is 12.8 Å². The summed E-state index contributed by atoms with van der Waals surface area (Å²) in [6, 6.07) is 5.36. The Hall–Kier alpha value is -0.430. The van der Waals surface area contributed by atoms with E-state index in [1.54, 1.807) is 13.1 Å². The number of benzene rings is 1. The zero-order valence-corrected chi connectivity index (χ0v) is 14.2. The molecule has 0 heterocycles. The Morgan fingerprint density at radius 1 is 1.40 bits per heavy atom. The van der Waals surface area contributed by atoms with Crippen LogP contribution in [0.4, 0.5) is 0 Å². The summed E-state index contributed by atoms with van der Waals surface area (Å²) >= 11 is 3.34. The highest BCUT2D eigenvalue weighted by atomic mass is 79.9. The highest BCUT2D eigenvalue weighted by Crippen LogP contribution is 2.33. The fourth-order valence-corrected chi connectivity index (χ4v) is 5.16. The molecule has 0 bridgehead atoms. The van der Waals surface area contributed by atoms with Gasteiger partial charge in [0.25, 0.3) is 0 Å². The Bertz CT molecular complexity index is 589. The van der Waals surface area contributed by atoms with E-state index >= 15 is 0 Å². The number of nitrogens with two attached hydrogens (primary N) is 1. The van der Waals surface area contributed by atoms with Crippen LogP contribution < -0.4 is 5.73 Å². The predicted molar refractivity (Wildman–Crippen MR) is 84.0 cm³/mol. The molecule has 4 nitrogen and oxygen atoms in total. The average molecular weight is 361 g/mol. The van der Waals surface area contributed by atoms with Crippen molar-refractivity contribution in [3.8, 4) is 0 Å². The van der Waals surface area contributed by atoms with Gasteiger partial charge >= 0.3 is 0 Å². The molecule has 2 unspecified atom stereocenters. The molecule has 0 aromatic heterocycles. The van der Waals surface area contributed by atoms with E-state index in [0.717, 1.165) is 29.3 Å². The molecule has 1 aliphatic carbocycles. The van der Waals surface area contributed by atoms with Gasteiger partial charge in [0.1, 0.15) is 0 Å². The molecule has 1 aromatic carbocycles. The summed E-state index contributed by atoms with van der Waals surface area (Å²) in [5.74, 6) is 0.266. The van der Waals surface area contributed by atoms with Crippen LogP contribution >= 0.6 is 15.9 Å². The standard InChI is InChI=1S/C14H21BrN2O2S/c1-10-6-7-12(15)8-14(10)20(18,19)17(2)13-5-3-4-11(13)9-16/h6-8,11,13H,3-5,9,16H2,1-2H3. The van der Waals surface area contributed by atoms with Gasteiger partial charge in [-0.25, -0.2) is 8.42 Å². The van der Waals surface area contributed by atoms with Crippen LogP contribution in [0.1, 0.15) is 24.8 Å². The SMILES string of the molecule is Cc1ccc(Br)cc1S(=O)(=O)N(C)C1CCCC1CN. The van der Waals surface area contributed by atoms with Crippen molar-refractivity contribution in [2.24, 2.45) is 11.7 Å². The van der Waals surface area contributed by atoms with E-state index in [2.05, 4.69) is 15.9 Å². The number of nitrogens with zero attached hydrogens (tertiary/aromatic N) is 1. The number of halogens is 1. The van der Waals surface area contributed by atoms with E-state index in [0.29, 0.717) is 11.4 Å². The smallest absolute Gasteiger partial charge is 0.243 e. The van der Waals surface area contributed by atoms with Crippen molar-refractivity contribution in [2.75, 3.05) is 13.6 Å². The summed E-state index contributed by atoms with van der Waals surface area (Å²) in [7, 11) is -1.80. The van der Waals surface area contributed by atoms with Crippen molar-refractivity contribution in [3.05, 3.63) is 28.2 Å². The van der Waals surface area contributed by atoms with Crippen LogP contribution in [0.2, 0.25) is 0 Å². The molecular weight excluding hydrogens is 340 g/mol. The van der Waals surface area contributed by atoms with Gasteiger partial charge in [-0.2, -0.15) is 4.31 Å². The van der Waals surface area contributed by atoms with Gasteiger partial charge < -0.3 is 5.73 Å². The number of aryl methyl sites for hydroxylation is 1. The highest BCUT2D eigenvalue weighted by molar-refractivity contribution is 9.10. The third kappa shape index (κ3) is 2.93. The predicted octanol–water partition coefficient (Wildman–Crippen LogP) is 2.51. The fourth-order valence-electron chi connectivity index (χ4n) is 2.96. The lowest BCUT2D eigenvalue weighted by Gasteiger charge is -2.29. The second kappa shape index (κ2) is 6.13. The third-order valence-electron chi connectivity index (χ3n) is 4.20. The number of hydrogen-bond acceptors (Lipinski definition) is 3. The minimum absolute atomic E-state index is 0.0170. The molecule has 1 fully saturated rings. The van der Waals surface area contributed by atoms with Gasteiger partial charge in [0.15, 0.2) is 0 Å². The molecule has 112 valence electrons. The first-order valence-electron chi connectivity index (χ1n) is 6.82. The lowest BCUT2D eigenvalue weighted by Crippen LogP contribution is -2.41. The number of hydrogen-bond donors (Lipinski definition) is 1. The first-order chi connectivity index (χ1) is 9.37. The van der Waals surface area contributed by atoms with Gasteiger partial charge in [-0.3, -0.25) is 0 Å². The van der Waals surface area contributed by atoms with Crippen LogP contribution in [0.25, 0.3) is 0 Å². The van der Waals surface area contributed by atoms with Crippen molar-refractivity contribution in [3.63, 3.8) is 0 Å². The molecule has 20 heavy (non-hydrogen) atoms. The van der Waals surface area contributed by atoms with Crippen molar-refractivity contribution < 1.29 is 8.42 Å². The molecule has 2 rings (SSSR count). The summed E-state index contributed by atoms with van der Waals surface area (Å²) < 4.78 is 27.9. The Labute approximate surface area is 129 Å². The van der Waals surface area contributed by atoms with Gasteiger partial charge in [-0.05, 0) is 49.9 Å². The molecule has 0 amide bonds. The molecule has 2 atom stereocenters. The minimum Gasteiger partial charge on any atom is -0.330 e. The zero-order valence-electron chi connectivity index (χ0n) is 11.8. The lowest BCUT2D eigenvalue weighted by atomic mass is 10.0. The van der Waals surface area contributed by atoms with E-state index in [9.17, 15) is 8.42 Å². The molecule has 6 heteroatoms. The Kier molecular flexibility index (Phi) is 4.89. The molecule has 1 aromatic rings. The summed E-state index contributed by atoms with van der Waals surface area (Å²) in [5, 5.41) is 0. The third-order valence-corrected chi connectivity index (χ3v) is 6.71. The van der Waals surface area contributed by atoms with Gasteiger partial charge in [-0.1, -0.05) is 28.4 Å². The van der Waals surface area contributed by atoms with Crippen LogP contribution in [0.3, 0.4) is 0 Å². The maximum atomic E-state index is 12.8. The molecule has 0 spiro atoms. The first kappa shape index (κ1) is 15.9. The quantitative estimate of drug-likeness (QED) is 0.896. The molecule has 0 aliphatic heterocycles. The second-order valence-electron chi connectivity index (χ2n) is 5.43. The van der Waals surface area contributed by atoms with Crippen molar-refractivity contribution in [2.45, 2.75) is 37.1 Å². The van der Waals surface area contributed by atoms with Crippen molar-refractivity contribution in [1.29, 1.82) is 0 Å². The summed E-state index contributed by atoms with van der Waals surface area (Å²) in [4.78, 5) is 0.372. The van der Waals surface area contributed by atoms with Gasteiger partial charge in [0.05, 0.1) is 4.90 Å². The van der Waals surface area contributed by atoms with Crippen LogP contribution in [-0.4, -0.2) is 32.4 Å². The van der Waals surface area contributed by atoms with Crippen LogP contribution in [-0.2, 0) is 10.0 Å². The lowest BCUT2D eigenvalue weighted by molar-refractivity contribution is 0.304. The first-order valence-corrected chi connectivity index (χ1v) is 9.05. The Morgan fingerprint density at radius 2 is 2.10 bits per heavy atom. The maximum absolute atomic E-state index is 12.8. The van der Waals surface area contributed by atoms with E-state index in [1.807, 2.05) is 19.1 Å². The number of sulfonamides is 1. The molecule has 0 saturated heterocycles. The van der Waals surface area contributed by atoms with Gasteiger partial charge in [0, 0.05) is 17.6 Å². The topological polar surface area (TPSA) is 63.4 Å². The van der Waals surface area contributed by atoms with Crippen molar-refractivity contribution >= 4 is 26.0 Å². The summed E-state index contributed by atoms with van der Waals surface area (Å²) in [6.45, 7) is 2.37. The highest BCUT2D eigenvalue weighted by Gasteiger charge is 2.36.